The second kappa shape index (κ2) is 5.29. The zero-order valence-electron chi connectivity index (χ0n) is 10.8. The predicted molar refractivity (Wildman–Crippen MR) is 69.2 cm³/mol. The number of hydrogen-bond donors (Lipinski definition) is 1. The fraction of sp³-hybridized carbons (Fsp3) is 0.533. The molecule has 1 aromatic rings. The molecule has 1 aromatic carbocycles. The van der Waals surface area contributed by atoms with E-state index in [1.54, 1.807) is 12.1 Å². The van der Waals surface area contributed by atoms with Crippen LogP contribution in [-0.2, 0) is 9.53 Å². The number of nitrogens with one attached hydrogen (secondary N) is 1. The minimum absolute atomic E-state index is 0.0480. The Morgan fingerprint density at radius 2 is 2.16 bits per heavy atom. The van der Waals surface area contributed by atoms with Gasteiger partial charge in [0.05, 0.1) is 6.10 Å². The van der Waals surface area contributed by atoms with Crippen LogP contribution in [0.2, 0.25) is 0 Å². The van der Waals surface area contributed by atoms with Crippen molar-refractivity contribution < 1.29 is 13.9 Å². The van der Waals surface area contributed by atoms with Crippen molar-refractivity contribution in [3.8, 4) is 0 Å². The van der Waals surface area contributed by atoms with Crippen molar-refractivity contribution in [2.24, 2.45) is 5.92 Å². The summed E-state index contributed by atoms with van der Waals surface area (Å²) < 4.78 is 18.3. The minimum Gasteiger partial charge on any atom is -0.376 e. The van der Waals surface area contributed by atoms with Crippen LogP contribution in [0.5, 0.6) is 0 Å². The molecule has 2 fully saturated rings. The second-order valence-electron chi connectivity index (χ2n) is 5.38. The number of carbonyl (C=O) groups excluding carboxylic acids is 1. The maximum atomic E-state index is 12.8. The van der Waals surface area contributed by atoms with Gasteiger partial charge in [-0.25, -0.2) is 4.39 Å². The van der Waals surface area contributed by atoms with E-state index in [4.69, 9.17) is 4.74 Å². The lowest BCUT2D eigenvalue weighted by atomic mass is 10.1. The summed E-state index contributed by atoms with van der Waals surface area (Å²) in [5.41, 5.74) is 1.05. The molecule has 1 saturated carbocycles. The average Bonchev–Trinajstić information content (AvgIpc) is 3.05. The van der Waals surface area contributed by atoms with Crippen LogP contribution < -0.4 is 5.32 Å². The summed E-state index contributed by atoms with van der Waals surface area (Å²) >= 11 is 0. The van der Waals surface area contributed by atoms with Gasteiger partial charge in [-0.15, -0.1) is 0 Å². The zero-order chi connectivity index (χ0) is 13.2. The van der Waals surface area contributed by atoms with Crippen molar-refractivity contribution in [2.45, 2.75) is 31.3 Å². The fourth-order valence-electron chi connectivity index (χ4n) is 2.71. The molecule has 2 aliphatic rings. The normalized spacial score (nSPS) is 29.2. The molecule has 1 amide bonds. The lowest BCUT2D eigenvalue weighted by Crippen LogP contribution is -2.33. The van der Waals surface area contributed by atoms with Crippen LogP contribution >= 0.6 is 0 Å². The molecule has 3 unspecified atom stereocenters. The molecule has 19 heavy (non-hydrogen) atoms. The molecular weight excluding hydrogens is 245 g/mol. The average molecular weight is 263 g/mol. The molecule has 3 rings (SSSR count). The molecule has 1 aliphatic heterocycles. The molecule has 1 N–H and O–H groups in total. The van der Waals surface area contributed by atoms with Crippen LogP contribution in [0.15, 0.2) is 24.3 Å². The molecule has 1 aliphatic carbocycles. The van der Waals surface area contributed by atoms with Gasteiger partial charge in [0.2, 0.25) is 5.91 Å². The van der Waals surface area contributed by atoms with Gasteiger partial charge in [0.15, 0.2) is 0 Å². The van der Waals surface area contributed by atoms with Gasteiger partial charge >= 0.3 is 0 Å². The summed E-state index contributed by atoms with van der Waals surface area (Å²) in [6, 6.07) is 6.45. The van der Waals surface area contributed by atoms with E-state index >= 15 is 0 Å². The van der Waals surface area contributed by atoms with Gasteiger partial charge in [0.1, 0.15) is 5.82 Å². The summed E-state index contributed by atoms with van der Waals surface area (Å²) in [5.74, 6) is 0.172. The summed E-state index contributed by atoms with van der Waals surface area (Å²) in [6.07, 6.45) is 3.17. The number of benzene rings is 1. The number of ether oxygens (including phenoxy) is 1. The maximum Gasteiger partial charge on any atom is 0.223 e. The molecule has 1 heterocycles. The van der Waals surface area contributed by atoms with Crippen molar-refractivity contribution in [3.05, 3.63) is 35.6 Å². The SMILES string of the molecule is O=C(NCC1CCCO1)C1CC1c1ccc(F)cc1. The first-order chi connectivity index (χ1) is 9.24. The van der Waals surface area contributed by atoms with Crippen molar-refractivity contribution in [2.75, 3.05) is 13.2 Å². The molecule has 0 spiro atoms. The molecule has 3 nitrogen and oxygen atoms in total. The summed E-state index contributed by atoms with van der Waals surface area (Å²) in [6.45, 7) is 1.42. The Hall–Kier alpha value is -1.42. The highest BCUT2D eigenvalue weighted by Gasteiger charge is 2.43. The van der Waals surface area contributed by atoms with E-state index in [-0.39, 0.29) is 29.7 Å². The van der Waals surface area contributed by atoms with Gasteiger partial charge in [-0.1, -0.05) is 12.1 Å². The Labute approximate surface area is 112 Å². The third-order valence-corrected chi connectivity index (χ3v) is 3.95. The van der Waals surface area contributed by atoms with Crippen molar-refractivity contribution in [1.82, 2.24) is 5.32 Å². The molecule has 102 valence electrons. The minimum atomic E-state index is -0.233. The highest BCUT2D eigenvalue weighted by molar-refractivity contribution is 5.82. The Morgan fingerprint density at radius 1 is 1.37 bits per heavy atom. The topological polar surface area (TPSA) is 38.3 Å². The third-order valence-electron chi connectivity index (χ3n) is 3.95. The second-order valence-corrected chi connectivity index (χ2v) is 5.38. The molecule has 3 atom stereocenters. The summed E-state index contributed by atoms with van der Waals surface area (Å²) in [4.78, 5) is 12.0. The number of carbonyl (C=O) groups is 1. The smallest absolute Gasteiger partial charge is 0.223 e. The molecule has 1 saturated heterocycles. The number of rotatable bonds is 4. The monoisotopic (exact) mass is 263 g/mol. The standard InChI is InChI=1S/C15H18FNO2/c16-11-5-3-10(4-6-11)13-8-14(13)15(18)17-9-12-2-1-7-19-12/h3-6,12-14H,1-2,7-9H2,(H,17,18). The van der Waals surface area contributed by atoms with Gasteiger partial charge in [-0.3, -0.25) is 4.79 Å². The zero-order valence-corrected chi connectivity index (χ0v) is 10.8. The van der Waals surface area contributed by atoms with Gasteiger partial charge in [-0.05, 0) is 42.9 Å². The fourth-order valence-corrected chi connectivity index (χ4v) is 2.71. The first-order valence-electron chi connectivity index (χ1n) is 6.89. The first-order valence-corrected chi connectivity index (χ1v) is 6.89. The Balaban J connectivity index is 1.48. The molecule has 0 radical (unpaired) electrons. The van der Waals surface area contributed by atoms with E-state index in [1.807, 2.05) is 0 Å². The third kappa shape index (κ3) is 2.95. The van der Waals surface area contributed by atoms with Crippen LogP contribution in [0.3, 0.4) is 0 Å². The van der Waals surface area contributed by atoms with Gasteiger partial charge in [0, 0.05) is 19.1 Å². The van der Waals surface area contributed by atoms with E-state index in [0.717, 1.165) is 31.4 Å². The highest BCUT2D eigenvalue weighted by atomic mass is 19.1. The van der Waals surface area contributed by atoms with Crippen LogP contribution in [0, 0.1) is 11.7 Å². The molecule has 0 aromatic heterocycles. The first kappa shape index (κ1) is 12.6. The van der Waals surface area contributed by atoms with E-state index in [9.17, 15) is 9.18 Å². The Kier molecular flexibility index (Phi) is 3.51. The van der Waals surface area contributed by atoms with E-state index in [1.165, 1.54) is 12.1 Å². The largest absolute Gasteiger partial charge is 0.376 e. The number of hydrogen-bond acceptors (Lipinski definition) is 2. The van der Waals surface area contributed by atoms with Crippen molar-refractivity contribution in [3.63, 3.8) is 0 Å². The predicted octanol–water partition coefficient (Wildman–Crippen LogP) is 2.22. The highest BCUT2D eigenvalue weighted by Crippen LogP contribution is 2.47. The van der Waals surface area contributed by atoms with Gasteiger partial charge in [0.25, 0.3) is 0 Å². The van der Waals surface area contributed by atoms with Gasteiger partial charge in [-0.2, -0.15) is 0 Å². The number of halogens is 1. The Bertz CT molecular complexity index is 454. The van der Waals surface area contributed by atoms with Gasteiger partial charge < -0.3 is 10.1 Å². The lowest BCUT2D eigenvalue weighted by molar-refractivity contribution is -0.122. The summed E-state index contributed by atoms with van der Waals surface area (Å²) in [5, 5.41) is 2.96. The van der Waals surface area contributed by atoms with Crippen LogP contribution in [0.4, 0.5) is 4.39 Å². The summed E-state index contributed by atoms with van der Waals surface area (Å²) in [7, 11) is 0. The lowest BCUT2D eigenvalue weighted by Gasteiger charge is -2.10. The van der Waals surface area contributed by atoms with Crippen molar-refractivity contribution >= 4 is 5.91 Å². The van der Waals surface area contributed by atoms with Crippen LogP contribution in [0.25, 0.3) is 0 Å². The maximum absolute atomic E-state index is 12.8. The molecular formula is C15H18FNO2. The van der Waals surface area contributed by atoms with E-state index in [0.29, 0.717) is 6.54 Å². The van der Waals surface area contributed by atoms with Crippen LogP contribution in [-0.4, -0.2) is 25.2 Å². The van der Waals surface area contributed by atoms with E-state index in [2.05, 4.69) is 5.32 Å². The van der Waals surface area contributed by atoms with Crippen LogP contribution in [0.1, 0.15) is 30.7 Å². The molecule has 0 bridgehead atoms. The quantitative estimate of drug-likeness (QED) is 0.904. The molecule has 4 heteroatoms. The van der Waals surface area contributed by atoms with Crippen molar-refractivity contribution in [1.29, 1.82) is 0 Å². The number of amides is 1. The van der Waals surface area contributed by atoms with E-state index < -0.39 is 0 Å². The Morgan fingerprint density at radius 3 is 2.84 bits per heavy atom.